The fourth-order valence-electron chi connectivity index (χ4n) is 2.99. The molecule has 0 N–H and O–H groups in total. The predicted molar refractivity (Wildman–Crippen MR) is 115 cm³/mol. The Kier molecular flexibility index (Phi) is 5.31. The first kappa shape index (κ1) is 20.1. The summed E-state index contributed by atoms with van der Waals surface area (Å²) in [7, 11) is -3.33. The normalized spacial score (nSPS) is 14.0. The van der Waals surface area contributed by atoms with Crippen LogP contribution >= 0.6 is 11.3 Å². The van der Waals surface area contributed by atoms with Crippen LogP contribution in [0.1, 0.15) is 5.56 Å². The van der Waals surface area contributed by atoms with Crippen LogP contribution in [0.5, 0.6) is 11.5 Å². The molecule has 4 rings (SSSR count). The first-order valence-corrected chi connectivity index (χ1v) is 11.7. The Balaban J connectivity index is 1.69. The van der Waals surface area contributed by atoms with Crippen LogP contribution in [0.15, 0.2) is 65.0 Å². The first-order valence-electron chi connectivity index (χ1n) is 8.96. The van der Waals surface area contributed by atoms with E-state index in [4.69, 9.17) is 9.47 Å². The molecule has 0 saturated heterocycles. The minimum Gasteiger partial charge on any atom is -0.454 e. The number of aromatic nitrogens is 1. The van der Waals surface area contributed by atoms with Crippen molar-refractivity contribution in [2.45, 2.75) is 11.4 Å². The number of hydrogen-bond donors (Lipinski definition) is 0. The Morgan fingerprint density at radius 1 is 1.23 bits per heavy atom. The van der Waals surface area contributed by atoms with Gasteiger partial charge < -0.3 is 14.0 Å². The molecule has 0 aliphatic carbocycles. The lowest BCUT2D eigenvalue weighted by Gasteiger charge is -2.02. The van der Waals surface area contributed by atoms with Crippen molar-refractivity contribution in [1.82, 2.24) is 4.57 Å². The Labute approximate surface area is 177 Å². The molecule has 7 nitrogen and oxygen atoms in total. The third-order valence-electron chi connectivity index (χ3n) is 4.41. The molecule has 3 aromatic rings. The lowest BCUT2D eigenvalue weighted by atomic mass is 10.2. The van der Waals surface area contributed by atoms with Crippen molar-refractivity contribution >= 4 is 43.4 Å². The molecular formula is C21H18N2O5S2. The summed E-state index contributed by atoms with van der Waals surface area (Å²) in [6.45, 7) is 4.38. The van der Waals surface area contributed by atoms with Crippen molar-refractivity contribution in [3.05, 3.63) is 65.5 Å². The number of sulfone groups is 1. The van der Waals surface area contributed by atoms with Gasteiger partial charge in [0.2, 0.25) is 6.79 Å². The summed E-state index contributed by atoms with van der Waals surface area (Å²) < 4.78 is 36.8. The summed E-state index contributed by atoms with van der Waals surface area (Å²) in [5.41, 5.74) is 1.58. The second kappa shape index (κ2) is 7.92. The van der Waals surface area contributed by atoms with E-state index >= 15 is 0 Å². The number of carbonyl (C=O) groups is 1. The molecular weight excluding hydrogens is 424 g/mol. The van der Waals surface area contributed by atoms with Gasteiger partial charge in [0.15, 0.2) is 26.1 Å². The first-order chi connectivity index (χ1) is 14.3. The highest BCUT2D eigenvalue weighted by molar-refractivity contribution is 7.90. The molecule has 0 fully saturated rings. The minimum absolute atomic E-state index is 0.188. The number of allylic oxidation sites excluding steroid dienone is 1. The second-order valence-electron chi connectivity index (χ2n) is 6.58. The molecule has 1 aliphatic heterocycles. The summed E-state index contributed by atoms with van der Waals surface area (Å²) in [4.78, 5) is 17.3. The van der Waals surface area contributed by atoms with Crippen LogP contribution in [0.3, 0.4) is 0 Å². The maximum atomic E-state index is 12.4. The zero-order valence-corrected chi connectivity index (χ0v) is 17.7. The number of amides is 1. The fraction of sp³-hybridized carbons (Fsp3) is 0.143. The van der Waals surface area contributed by atoms with Crippen LogP contribution in [0, 0.1) is 0 Å². The maximum absolute atomic E-state index is 12.4. The van der Waals surface area contributed by atoms with E-state index in [1.165, 1.54) is 17.4 Å². The quantitative estimate of drug-likeness (QED) is 0.447. The molecule has 0 radical (unpaired) electrons. The smallest absolute Gasteiger partial charge is 0.272 e. The number of thiazole rings is 1. The molecule has 2 heterocycles. The predicted octanol–water partition coefficient (Wildman–Crippen LogP) is 3.16. The standard InChI is InChI=1S/C21H18N2O5S2/c1-3-10-23-16-7-6-15(30(2,25)26)12-19(16)29-21(23)22-20(24)9-5-14-4-8-17-18(11-14)28-13-27-17/h3-9,11-12H,1,10,13H2,2H3/b9-5-,22-21?. The molecule has 0 atom stereocenters. The number of benzene rings is 2. The van der Waals surface area contributed by atoms with Crippen molar-refractivity contribution in [3.8, 4) is 11.5 Å². The van der Waals surface area contributed by atoms with Gasteiger partial charge in [-0.2, -0.15) is 4.99 Å². The summed E-state index contributed by atoms with van der Waals surface area (Å²) in [6.07, 6.45) is 5.89. The summed E-state index contributed by atoms with van der Waals surface area (Å²) in [5.74, 6) is 0.879. The number of ether oxygens (including phenoxy) is 2. The molecule has 0 unspecified atom stereocenters. The molecule has 0 spiro atoms. The highest BCUT2D eigenvalue weighted by Gasteiger charge is 2.13. The van der Waals surface area contributed by atoms with Gasteiger partial charge in [-0.05, 0) is 42.0 Å². The molecule has 154 valence electrons. The van der Waals surface area contributed by atoms with E-state index in [1.807, 2.05) is 10.6 Å². The monoisotopic (exact) mass is 442 g/mol. The van der Waals surface area contributed by atoms with E-state index in [0.717, 1.165) is 22.0 Å². The maximum Gasteiger partial charge on any atom is 0.272 e. The molecule has 0 saturated carbocycles. The van der Waals surface area contributed by atoms with Crippen molar-refractivity contribution in [3.63, 3.8) is 0 Å². The van der Waals surface area contributed by atoms with Gasteiger partial charge in [-0.3, -0.25) is 4.79 Å². The highest BCUT2D eigenvalue weighted by Crippen LogP contribution is 2.32. The van der Waals surface area contributed by atoms with Gasteiger partial charge in [-0.15, -0.1) is 6.58 Å². The fourth-order valence-corrected chi connectivity index (χ4v) is 4.80. The molecule has 0 bridgehead atoms. The number of fused-ring (bicyclic) bond motifs is 2. The second-order valence-corrected chi connectivity index (χ2v) is 9.61. The summed E-state index contributed by atoms with van der Waals surface area (Å²) in [5, 5.41) is 0. The average molecular weight is 443 g/mol. The van der Waals surface area contributed by atoms with Gasteiger partial charge in [0.1, 0.15) is 0 Å². The average Bonchev–Trinajstić information content (AvgIpc) is 3.30. The lowest BCUT2D eigenvalue weighted by Crippen LogP contribution is -2.15. The van der Waals surface area contributed by atoms with E-state index < -0.39 is 15.7 Å². The van der Waals surface area contributed by atoms with Crippen LogP contribution in [-0.4, -0.2) is 31.9 Å². The van der Waals surface area contributed by atoms with Crippen molar-refractivity contribution < 1.29 is 22.7 Å². The zero-order chi connectivity index (χ0) is 21.3. The molecule has 2 aromatic carbocycles. The molecule has 30 heavy (non-hydrogen) atoms. The van der Waals surface area contributed by atoms with Gasteiger partial charge in [-0.1, -0.05) is 23.5 Å². The lowest BCUT2D eigenvalue weighted by molar-refractivity contribution is -0.113. The Morgan fingerprint density at radius 2 is 2.03 bits per heavy atom. The molecule has 1 aliphatic rings. The van der Waals surface area contributed by atoms with E-state index in [-0.39, 0.29) is 11.7 Å². The van der Waals surface area contributed by atoms with Gasteiger partial charge in [0, 0.05) is 18.9 Å². The number of carbonyl (C=O) groups excluding carboxylic acids is 1. The SMILES string of the molecule is C=CCn1c(=NC(=O)/C=C\c2ccc3c(c2)OCO3)sc2cc(S(C)(=O)=O)ccc21. The Bertz CT molecular complexity index is 1360. The molecule has 1 aromatic heterocycles. The van der Waals surface area contributed by atoms with Crippen molar-refractivity contribution in [2.24, 2.45) is 4.99 Å². The van der Waals surface area contributed by atoms with E-state index in [2.05, 4.69) is 11.6 Å². The van der Waals surface area contributed by atoms with E-state index in [1.54, 1.807) is 42.5 Å². The Morgan fingerprint density at radius 3 is 2.80 bits per heavy atom. The number of hydrogen-bond acceptors (Lipinski definition) is 6. The van der Waals surface area contributed by atoms with Gasteiger partial charge in [0.25, 0.3) is 5.91 Å². The van der Waals surface area contributed by atoms with Crippen LogP contribution in [0.4, 0.5) is 0 Å². The molecule has 9 heteroatoms. The molecule has 1 amide bonds. The zero-order valence-electron chi connectivity index (χ0n) is 16.1. The topological polar surface area (TPSA) is 87.0 Å². The van der Waals surface area contributed by atoms with Crippen molar-refractivity contribution in [1.29, 1.82) is 0 Å². The summed E-state index contributed by atoms with van der Waals surface area (Å²) >= 11 is 1.25. The van der Waals surface area contributed by atoms with Gasteiger partial charge >= 0.3 is 0 Å². The minimum atomic E-state index is -3.33. The van der Waals surface area contributed by atoms with Crippen LogP contribution < -0.4 is 14.3 Å². The van der Waals surface area contributed by atoms with Crippen LogP contribution in [-0.2, 0) is 21.2 Å². The largest absolute Gasteiger partial charge is 0.454 e. The number of nitrogens with zero attached hydrogens (tertiary/aromatic N) is 2. The Hall–Kier alpha value is -3.17. The van der Waals surface area contributed by atoms with Gasteiger partial charge in [0.05, 0.1) is 15.1 Å². The van der Waals surface area contributed by atoms with E-state index in [0.29, 0.717) is 22.8 Å². The highest BCUT2D eigenvalue weighted by atomic mass is 32.2. The third kappa shape index (κ3) is 4.07. The van der Waals surface area contributed by atoms with Crippen LogP contribution in [0.25, 0.3) is 16.3 Å². The summed E-state index contributed by atoms with van der Waals surface area (Å²) in [6, 6.07) is 10.3. The van der Waals surface area contributed by atoms with Crippen molar-refractivity contribution in [2.75, 3.05) is 13.0 Å². The number of rotatable bonds is 5. The van der Waals surface area contributed by atoms with E-state index in [9.17, 15) is 13.2 Å². The third-order valence-corrected chi connectivity index (χ3v) is 6.57. The van der Waals surface area contributed by atoms with Crippen LogP contribution in [0.2, 0.25) is 0 Å². The van der Waals surface area contributed by atoms with Gasteiger partial charge in [-0.25, -0.2) is 8.42 Å².